The number of rotatable bonds is 6. The number of fused-ring (bicyclic) bond motifs is 1. The minimum atomic E-state index is -2.87. The van der Waals surface area contributed by atoms with Crippen molar-refractivity contribution in [3.63, 3.8) is 0 Å². The highest BCUT2D eigenvalue weighted by molar-refractivity contribution is 5.96. The van der Waals surface area contributed by atoms with Gasteiger partial charge in [0.15, 0.2) is 11.5 Å². The lowest BCUT2D eigenvalue weighted by Crippen LogP contribution is -2.24. The number of hydrogen-bond acceptors (Lipinski definition) is 5. The molecule has 2 aromatic carbocycles. The van der Waals surface area contributed by atoms with Crippen LogP contribution in [0.2, 0.25) is 0 Å². The van der Waals surface area contributed by atoms with Crippen molar-refractivity contribution in [3.8, 4) is 17.0 Å². The molecule has 4 aromatic rings. The maximum atomic E-state index is 12.6. The topological polar surface area (TPSA) is 71.8 Å². The number of halogens is 2. The summed E-state index contributed by atoms with van der Waals surface area (Å²) < 4.78 is 31.6. The summed E-state index contributed by atoms with van der Waals surface area (Å²) in [7, 11) is 0. The summed E-state index contributed by atoms with van der Waals surface area (Å²) in [6, 6.07) is 10.9. The van der Waals surface area contributed by atoms with Crippen molar-refractivity contribution in [1.29, 1.82) is 0 Å². The van der Waals surface area contributed by atoms with E-state index in [4.69, 9.17) is 0 Å². The molecule has 1 saturated heterocycles. The molecule has 34 heavy (non-hydrogen) atoms. The second-order valence-electron chi connectivity index (χ2n) is 8.25. The summed E-state index contributed by atoms with van der Waals surface area (Å²) in [5.41, 5.74) is 5.61. The molecule has 2 aromatic heterocycles. The van der Waals surface area contributed by atoms with Crippen molar-refractivity contribution in [1.82, 2.24) is 14.4 Å². The molecule has 3 heterocycles. The number of amides is 1. The maximum absolute atomic E-state index is 12.6. The third-order valence-corrected chi connectivity index (χ3v) is 5.94. The Bertz CT molecular complexity index is 1390. The molecule has 0 radical (unpaired) electrons. The van der Waals surface area contributed by atoms with Gasteiger partial charge in [-0.2, -0.15) is 8.78 Å². The summed E-state index contributed by atoms with van der Waals surface area (Å²) in [4.78, 5) is 22.9. The Balaban J connectivity index is 1.44. The summed E-state index contributed by atoms with van der Waals surface area (Å²) in [6.45, 7) is 1.59. The summed E-state index contributed by atoms with van der Waals surface area (Å²) in [6.07, 6.45) is 6.67. The van der Waals surface area contributed by atoms with Crippen LogP contribution in [0.5, 0.6) is 5.75 Å². The van der Waals surface area contributed by atoms with Crippen LogP contribution in [0.3, 0.4) is 0 Å². The smallest absolute Gasteiger partial charge is 0.387 e. The quantitative estimate of drug-likeness (QED) is 0.410. The first-order valence-electron chi connectivity index (χ1n) is 11.0. The lowest BCUT2D eigenvalue weighted by Gasteiger charge is -2.19. The van der Waals surface area contributed by atoms with Gasteiger partial charge in [-0.3, -0.25) is 9.20 Å². The zero-order valence-electron chi connectivity index (χ0n) is 18.8. The third-order valence-electron chi connectivity index (χ3n) is 5.94. The van der Waals surface area contributed by atoms with Crippen LogP contribution in [-0.2, 0) is 4.79 Å². The predicted octanol–water partition coefficient (Wildman–Crippen LogP) is 5.48. The number of imidazole rings is 1. The molecule has 0 spiro atoms. The van der Waals surface area contributed by atoms with Crippen LogP contribution in [-0.4, -0.2) is 33.4 Å². The average Bonchev–Trinajstić information content (AvgIpc) is 3.42. The first-order chi connectivity index (χ1) is 16.4. The van der Waals surface area contributed by atoms with Crippen LogP contribution in [0.15, 0.2) is 55.0 Å². The SMILES string of the molecule is Cc1cc(-c2cnc3c(Nc4ccc(N5CCCC5=O)c(C)c4)nccn23)ccc1OC(F)F. The zero-order chi connectivity index (χ0) is 23.8. The van der Waals surface area contributed by atoms with E-state index in [9.17, 15) is 13.6 Å². The highest BCUT2D eigenvalue weighted by atomic mass is 19.3. The Labute approximate surface area is 195 Å². The number of aryl methyl sites for hydroxylation is 2. The Morgan fingerprint density at radius 2 is 1.94 bits per heavy atom. The van der Waals surface area contributed by atoms with Gasteiger partial charge in [0.2, 0.25) is 5.91 Å². The minimum Gasteiger partial charge on any atom is -0.435 e. The number of nitrogens with one attached hydrogen (secondary N) is 1. The van der Waals surface area contributed by atoms with E-state index in [0.29, 0.717) is 23.4 Å². The summed E-state index contributed by atoms with van der Waals surface area (Å²) in [5.74, 6) is 0.878. The van der Waals surface area contributed by atoms with Gasteiger partial charge in [-0.25, -0.2) is 9.97 Å². The minimum absolute atomic E-state index is 0.144. The van der Waals surface area contributed by atoms with E-state index in [-0.39, 0.29) is 11.7 Å². The van der Waals surface area contributed by atoms with Gasteiger partial charge >= 0.3 is 6.61 Å². The van der Waals surface area contributed by atoms with Crippen LogP contribution >= 0.6 is 0 Å². The number of alkyl halides is 2. The molecule has 5 rings (SSSR count). The zero-order valence-corrected chi connectivity index (χ0v) is 18.8. The van der Waals surface area contributed by atoms with E-state index in [1.165, 1.54) is 6.07 Å². The van der Waals surface area contributed by atoms with Gasteiger partial charge in [0.1, 0.15) is 5.75 Å². The number of aromatic nitrogens is 3. The molecule has 9 heteroatoms. The fraction of sp³-hybridized carbons (Fsp3) is 0.240. The average molecular weight is 463 g/mol. The Morgan fingerprint density at radius 1 is 1.09 bits per heavy atom. The second-order valence-corrected chi connectivity index (χ2v) is 8.25. The lowest BCUT2D eigenvalue weighted by molar-refractivity contribution is -0.117. The van der Waals surface area contributed by atoms with E-state index >= 15 is 0 Å². The van der Waals surface area contributed by atoms with E-state index in [1.807, 2.05) is 34.4 Å². The molecule has 7 nitrogen and oxygen atoms in total. The van der Waals surface area contributed by atoms with E-state index < -0.39 is 6.61 Å². The molecular weight excluding hydrogens is 440 g/mol. The van der Waals surface area contributed by atoms with Crippen LogP contribution in [0.4, 0.5) is 26.0 Å². The molecule has 0 saturated carbocycles. The van der Waals surface area contributed by atoms with Gasteiger partial charge in [0.05, 0.1) is 11.9 Å². The van der Waals surface area contributed by atoms with E-state index in [2.05, 4.69) is 20.0 Å². The van der Waals surface area contributed by atoms with Crippen molar-refractivity contribution in [2.75, 3.05) is 16.8 Å². The molecule has 1 fully saturated rings. The van der Waals surface area contributed by atoms with Gasteiger partial charge in [-0.05, 0) is 67.8 Å². The Kier molecular flexibility index (Phi) is 5.61. The lowest BCUT2D eigenvalue weighted by atomic mass is 10.1. The molecule has 1 N–H and O–H groups in total. The number of anilines is 3. The van der Waals surface area contributed by atoms with E-state index in [0.717, 1.165) is 41.2 Å². The highest BCUT2D eigenvalue weighted by Crippen LogP contribution is 2.31. The molecule has 0 aliphatic carbocycles. The van der Waals surface area contributed by atoms with Crippen molar-refractivity contribution in [3.05, 3.63) is 66.1 Å². The molecule has 0 unspecified atom stereocenters. The normalized spacial score (nSPS) is 13.8. The highest BCUT2D eigenvalue weighted by Gasteiger charge is 2.23. The van der Waals surface area contributed by atoms with Crippen LogP contribution in [0.25, 0.3) is 16.9 Å². The molecule has 0 bridgehead atoms. The van der Waals surface area contributed by atoms with Crippen molar-refractivity contribution < 1.29 is 18.3 Å². The van der Waals surface area contributed by atoms with Crippen molar-refractivity contribution >= 4 is 28.7 Å². The standard InChI is InChI=1S/C25H23F2N5O2/c1-15-13-18(6-7-19(15)31-10-3-4-22(31)33)30-23-24-29-14-20(32(24)11-9-28-23)17-5-8-21(16(2)12-17)34-25(26)27/h5-9,11-14,25H,3-4,10H2,1-2H3,(H,28,30). The summed E-state index contributed by atoms with van der Waals surface area (Å²) in [5, 5.41) is 3.32. The van der Waals surface area contributed by atoms with Gasteiger partial charge < -0.3 is 15.0 Å². The van der Waals surface area contributed by atoms with Gasteiger partial charge in [-0.1, -0.05) is 0 Å². The number of benzene rings is 2. The molecule has 174 valence electrons. The molecule has 0 atom stereocenters. The second kappa shape index (κ2) is 8.74. The molecule has 1 aliphatic heterocycles. The van der Waals surface area contributed by atoms with Crippen LogP contribution in [0.1, 0.15) is 24.0 Å². The maximum Gasteiger partial charge on any atom is 0.387 e. The van der Waals surface area contributed by atoms with E-state index in [1.54, 1.807) is 37.6 Å². The monoisotopic (exact) mass is 463 g/mol. The van der Waals surface area contributed by atoms with Crippen LogP contribution in [0, 0.1) is 13.8 Å². The fourth-order valence-electron chi connectivity index (χ4n) is 4.33. The van der Waals surface area contributed by atoms with Crippen molar-refractivity contribution in [2.45, 2.75) is 33.3 Å². The number of hydrogen-bond donors (Lipinski definition) is 1. The Morgan fingerprint density at radius 3 is 2.65 bits per heavy atom. The molecular formula is C25H23F2N5O2. The summed E-state index contributed by atoms with van der Waals surface area (Å²) >= 11 is 0. The number of carbonyl (C=O) groups is 1. The number of nitrogens with zero attached hydrogens (tertiary/aromatic N) is 4. The first kappa shape index (κ1) is 21.8. The molecule has 1 amide bonds. The Hall–Kier alpha value is -4.01. The van der Waals surface area contributed by atoms with Gasteiger partial charge in [-0.15, -0.1) is 0 Å². The fourth-order valence-corrected chi connectivity index (χ4v) is 4.33. The van der Waals surface area contributed by atoms with Gasteiger partial charge in [0.25, 0.3) is 0 Å². The number of carbonyl (C=O) groups excluding carboxylic acids is 1. The first-order valence-corrected chi connectivity index (χ1v) is 11.0. The predicted molar refractivity (Wildman–Crippen MR) is 126 cm³/mol. The molecule has 1 aliphatic rings. The third kappa shape index (κ3) is 4.05. The van der Waals surface area contributed by atoms with Crippen molar-refractivity contribution in [2.24, 2.45) is 0 Å². The van der Waals surface area contributed by atoms with Crippen LogP contribution < -0.4 is 15.0 Å². The number of ether oxygens (including phenoxy) is 1. The van der Waals surface area contributed by atoms with Gasteiger partial charge in [0, 0.05) is 42.3 Å². The largest absolute Gasteiger partial charge is 0.435 e.